The summed E-state index contributed by atoms with van der Waals surface area (Å²) >= 11 is 6.15. The second kappa shape index (κ2) is 9.98. The van der Waals surface area contributed by atoms with Gasteiger partial charge in [0, 0.05) is 29.4 Å². The van der Waals surface area contributed by atoms with Crippen LogP contribution in [0.5, 0.6) is 5.75 Å². The van der Waals surface area contributed by atoms with E-state index in [4.69, 9.17) is 21.1 Å². The fourth-order valence-electron chi connectivity index (χ4n) is 3.40. The number of nitrogens with zero attached hydrogens (tertiary/aromatic N) is 1. The molecule has 0 spiro atoms. The van der Waals surface area contributed by atoms with Gasteiger partial charge in [-0.2, -0.15) is 0 Å². The minimum atomic E-state index is -0.380. The van der Waals surface area contributed by atoms with Crippen molar-refractivity contribution in [3.63, 3.8) is 0 Å². The maximum Gasteiger partial charge on any atom is 0.278 e. The van der Waals surface area contributed by atoms with Crippen molar-refractivity contribution in [3.05, 3.63) is 64.3 Å². The average Bonchev–Trinajstić information content (AvgIpc) is 2.97. The molecule has 0 bridgehead atoms. The highest BCUT2D eigenvalue weighted by molar-refractivity contribution is 6.37. The van der Waals surface area contributed by atoms with E-state index in [0.29, 0.717) is 35.1 Å². The Kier molecular flexibility index (Phi) is 7.36. The summed E-state index contributed by atoms with van der Waals surface area (Å²) in [4.78, 5) is 27.9. The number of carbonyl (C=O) groups is 2. The van der Waals surface area contributed by atoms with Gasteiger partial charge in [0.15, 0.2) is 0 Å². The molecule has 1 N–H and O–H groups in total. The number of aryl methyl sites for hydroxylation is 1. The van der Waals surface area contributed by atoms with Gasteiger partial charge in [-0.3, -0.25) is 14.5 Å². The predicted molar refractivity (Wildman–Crippen MR) is 122 cm³/mol. The van der Waals surface area contributed by atoms with E-state index in [0.717, 1.165) is 5.56 Å². The van der Waals surface area contributed by atoms with Gasteiger partial charge in [-0.1, -0.05) is 35.9 Å². The molecule has 0 fully saturated rings. The minimum absolute atomic E-state index is 0.0929. The molecule has 1 heterocycles. The van der Waals surface area contributed by atoms with Crippen molar-refractivity contribution in [1.82, 2.24) is 4.90 Å². The fraction of sp³-hybridized carbons (Fsp3) is 0.333. The average molecular weight is 443 g/mol. The summed E-state index contributed by atoms with van der Waals surface area (Å²) in [7, 11) is 1.54. The molecule has 7 heteroatoms. The molecular formula is C24H27ClN2O4. The first-order chi connectivity index (χ1) is 14.8. The second-order valence-electron chi connectivity index (χ2n) is 7.57. The van der Waals surface area contributed by atoms with Crippen LogP contribution in [0.1, 0.15) is 31.4 Å². The molecule has 164 valence electrons. The Morgan fingerprint density at radius 3 is 2.55 bits per heavy atom. The zero-order valence-electron chi connectivity index (χ0n) is 18.2. The third-order valence-corrected chi connectivity index (χ3v) is 5.22. The van der Waals surface area contributed by atoms with Crippen LogP contribution in [0.25, 0.3) is 5.57 Å². The Hall–Kier alpha value is -2.83. The van der Waals surface area contributed by atoms with Crippen molar-refractivity contribution in [2.45, 2.75) is 33.3 Å². The number of imide groups is 1. The van der Waals surface area contributed by atoms with Crippen LogP contribution in [-0.4, -0.2) is 43.1 Å². The zero-order valence-corrected chi connectivity index (χ0v) is 19.0. The highest BCUT2D eigenvalue weighted by Crippen LogP contribution is 2.36. The molecule has 2 amide bonds. The molecule has 0 radical (unpaired) electrons. The lowest BCUT2D eigenvalue weighted by molar-refractivity contribution is -0.137. The summed E-state index contributed by atoms with van der Waals surface area (Å²) in [6.07, 6.45) is 0.647. The van der Waals surface area contributed by atoms with Crippen molar-refractivity contribution in [3.8, 4) is 5.75 Å². The predicted octanol–water partition coefficient (Wildman–Crippen LogP) is 4.66. The molecule has 0 aliphatic carbocycles. The summed E-state index contributed by atoms with van der Waals surface area (Å²) in [5.41, 5.74) is 2.63. The van der Waals surface area contributed by atoms with Crippen molar-refractivity contribution in [2.24, 2.45) is 0 Å². The maximum atomic E-state index is 13.3. The number of ether oxygens (including phenoxy) is 2. The number of methoxy groups -OCH3 is 1. The second-order valence-corrected chi connectivity index (χ2v) is 8.01. The van der Waals surface area contributed by atoms with Crippen LogP contribution in [-0.2, 0) is 14.3 Å². The summed E-state index contributed by atoms with van der Waals surface area (Å²) in [5, 5.41) is 3.70. The molecule has 0 aromatic heterocycles. The van der Waals surface area contributed by atoms with E-state index in [-0.39, 0.29) is 35.7 Å². The van der Waals surface area contributed by atoms with Crippen LogP contribution in [0.3, 0.4) is 0 Å². The van der Waals surface area contributed by atoms with E-state index >= 15 is 0 Å². The molecule has 0 saturated heterocycles. The number of halogens is 1. The third kappa shape index (κ3) is 5.09. The Balaban J connectivity index is 1.99. The standard InChI is InChI=1S/C24H27ClN2O4/c1-15(2)31-13-7-12-27-23(28)21(18-8-5-6-9-20(18)30-4)22(24(27)29)26-19-14-17(25)11-10-16(19)3/h5-6,8-11,14-15,26H,7,12-13H2,1-4H3. The lowest BCUT2D eigenvalue weighted by Crippen LogP contribution is -2.34. The molecule has 0 saturated carbocycles. The first-order valence-corrected chi connectivity index (χ1v) is 10.6. The quantitative estimate of drug-likeness (QED) is 0.451. The van der Waals surface area contributed by atoms with E-state index in [9.17, 15) is 9.59 Å². The van der Waals surface area contributed by atoms with Gasteiger partial charge in [0.25, 0.3) is 11.8 Å². The van der Waals surface area contributed by atoms with Gasteiger partial charge in [0.1, 0.15) is 11.4 Å². The number of nitrogens with one attached hydrogen (secondary N) is 1. The number of carbonyl (C=O) groups excluding carboxylic acids is 2. The SMILES string of the molecule is COc1ccccc1C1=C(Nc2cc(Cl)ccc2C)C(=O)N(CCCOC(C)C)C1=O. The van der Waals surface area contributed by atoms with Crippen LogP contribution in [0.4, 0.5) is 5.69 Å². The van der Waals surface area contributed by atoms with Crippen molar-refractivity contribution < 1.29 is 19.1 Å². The Morgan fingerprint density at radius 1 is 1.10 bits per heavy atom. The molecule has 3 rings (SSSR count). The van der Waals surface area contributed by atoms with Gasteiger partial charge in [-0.05, 0) is 51.0 Å². The Morgan fingerprint density at radius 2 is 1.84 bits per heavy atom. The summed E-state index contributed by atoms with van der Waals surface area (Å²) in [6.45, 7) is 6.54. The monoisotopic (exact) mass is 442 g/mol. The molecule has 6 nitrogen and oxygen atoms in total. The van der Waals surface area contributed by atoms with Crippen LogP contribution >= 0.6 is 11.6 Å². The molecular weight excluding hydrogens is 416 g/mol. The van der Waals surface area contributed by atoms with Crippen LogP contribution in [0.15, 0.2) is 48.2 Å². The van der Waals surface area contributed by atoms with Gasteiger partial charge < -0.3 is 14.8 Å². The molecule has 1 aliphatic heterocycles. The normalized spacial score (nSPS) is 14.1. The Labute approximate surface area is 187 Å². The van der Waals surface area contributed by atoms with E-state index in [1.807, 2.05) is 39.0 Å². The zero-order chi connectivity index (χ0) is 22.5. The number of hydrogen-bond acceptors (Lipinski definition) is 5. The summed E-state index contributed by atoms with van der Waals surface area (Å²) < 4.78 is 11.0. The number of rotatable bonds is 9. The van der Waals surface area contributed by atoms with Crippen LogP contribution in [0.2, 0.25) is 5.02 Å². The highest BCUT2D eigenvalue weighted by atomic mass is 35.5. The van der Waals surface area contributed by atoms with E-state index in [1.165, 1.54) is 12.0 Å². The lowest BCUT2D eigenvalue weighted by atomic mass is 10.0. The van der Waals surface area contributed by atoms with E-state index < -0.39 is 0 Å². The summed E-state index contributed by atoms with van der Waals surface area (Å²) in [5.74, 6) is -0.221. The number of hydrogen-bond donors (Lipinski definition) is 1. The topological polar surface area (TPSA) is 67.9 Å². The van der Waals surface area contributed by atoms with Gasteiger partial charge >= 0.3 is 0 Å². The first kappa shape index (κ1) is 22.8. The van der Waals surface area contributed by atoms with Gasteiger partial charge in [-0.25, -0.2) is 0 Å². The largest absolute Gasteiger partial charge is 0.496 e. The van der Waals surface area contributed by atoms with E-state index in [2.05, 4.69) is 5.32 Å². The third-order valence-electron chi connectivity index (χ3n) is 4.98. The summed E-state index contributed by atoms with van der Waals surface area (Å²) in [6, 6.07) is 12.5. The highest BCUT2D eigenvalue weighted by Gasteiger charge is 2.40. The number of benzene rings is 2. The maximum absolute atomic E-state index is 13.3. The Bertz CT molecular complexity index is 1020. The van der Waals surface area contributed by atoms with Crippen LogP contribution in [0, 0.1) is 6.92 Å². The van der Waals surface area contributed by atoms with Crippen molar-refractivity contribution in [1.29, 1.82) is 0 Å². The number of amides is 2. The molecule has 1 aliphatic rings. The molecule has 2 aromatic carbocycles. The minimum Gasteiger partial charge on any atom is -0.496 e. The van der Waals surface area contributed by atoms with Gasteiger partial charge in [0.05, 0.1) is 18.8 Å². The van der Waals surface area contributed by atoms with E-state index in [1.54, 1.807) is 24.3 Å². The first-order valence-electron chi connectivity index (χ1n) is 10.2. The molecule has 2 aromatic rings. The van der Waals surface area contributed by atoms with Gasteiger partial charge in [0.2, 0.25) is 0 Å². The number of para-hydroxylation sites is 1. The fourth-order valence-corrected chi connectivity index (χ4v) is 3.57. The lowest BCUT2D eigenvalue weighted by Gasteiger charge is -2.16. The molecule has 0 atom stereocenters. The van der Waals surface area contributed by atoms with Gasteiger partial charge in [-0.15, -0.1) is 0 Å². The smallest absolute Gasteiger partial charge is 0.278 e. The molecule has 0 unspecified atom stereocenters. The van der Waals surface area contributed by atoms with Crippen LogP contribution < -0.4 is 10.1 Å². The van der Waals surface area contributed by atoms with Crippen molar-refractivity contribution in [2.75, 3.05) is 25.6 Å². The number of anilines is 1. The van der Waals surface area contributed by atoms with Crippen molar-refractivity contribution >= 4 is 34.7 Å². The molecule has 31 heavy (non-hydrogen) atoms.